The molecular formula is C6H10O5S. The zero-order valence-electron chi connectivity index (χ0n) is 6.56. The van der Waals surface area contributed by atoms with E-state index >= 15 is 0 Å². The maximum Gasteiger partial charge on any atom is 0.345 e. The van der Waals surface area contributed by atoms with Gasteiger partial charge in [-0.3, -0.25) is 0 Å². The number of carbonyl (C=O) groups is 1. The summed E-state index contributed by atoms with van der Waals surface area (Å²) in [6.07, 6.45) is -0.327. The van der Waals surface area contributed by atoms with E-state index in [0.29, 0.717) is 0 Å². The van der Waals surface area contributed by atoms with Crippen molar-refractivity contribution in [2.75, 3.05) is 5.75 Å². The summed E-state index contributed by atoms with van der Waals surface area (Å²) in [5.41, 5.74) is 0. The molecule has 0 aliphatic rings. The van der Waals surface area contributed by atoms with Gasteiger partial charge in [0.25, 0.3) is 0 Å². The second kappa shape index (κ2) is 4.22. The van der Waals surface area contributed by atoms with E-state index in [4.69, 9.17) is 5.11 Å². The third kappa shape index (κ3) is 4.86. The number of carbonyl (C=O) groups excluding carboxylic acids is 1. The van der Waals surface area contributed by atoms with Crippen molar-refractivity contribution < 1.29 is 22.5 Å². The highest BCUT2D eigenvalue weighted by Gasteiger charge is 2.17. The first-order chi connectivity index (χ1) is 5.37. The quantitative estimate of drug-likeness (QED) is 0.478. The van der Waals surface area contributed by atoms with Gasteiger partial charge < -0.3 is 9.29 Å². The van der Waals surface area contributed by atoms with E-state index in [0.717, 1.165) is 6.08 Å². The van der Waals surface area contributed by atoms with Gasteiger partial charge in [0, 0.05) is 6.08 Å². The molecule has 0 saturated heterocycles. The molecule has 0 aromatic heterocycles. The zero-order valence-corrected chi connectivity index (χ0v) is 7.37. The molecular weight excluding hydrogens is 184 g/mol. The average Bonchev–Trinajstić information content (AvgIpc) is 1.83. The molecule has 0 aliphatic heterocycles. The van der Waals surface area contributed by atoms with Crippen LogP contribution in [0.4, 0.5) is 0 Å². The summed E-state index contributed by atoms with van der Waals surface area (Å²) < 4.78 is 25.5. The van der Waals surface area contributed by atoms with Crippen molar-refractivity contribution in [3.05, 3.63) is 12.7 Å². The Morgan fingerprint density at radius 2 is 2.25 bits per heavy atom. The van der Waals surface area contributed by atoms with Crippen LogP contribution in [0.5, 0.6) is 0 Å². The standard InChI is InChI=1S/C6H10O5S/c1-3-6(8)11-12(9,10)4-5(2)7/h3,5,7H,1,4H2,2H3. The minimum Gasteiger partial charge on any atom is -0.392 e. The topological polar surface area (TPSA) is 80.7 Å². The minimum absolute atomic E-state index is 0.605. The fraction of sp³-hybridized carbons (Fsp3) is 0.500. The third-order valence-electron chi connectivity index (χ3n) is 0.821. The average molecular weight is 194 g/mol. The van der Waals surface area contributed by atoms with Crippen LogP contribution in [0, 0.1) is 0 Å². The van der Waals surface area contributed by atoms with E-state index in [-0.39, 0.29) is 0 Å². The highest BCUT2D eigenvalue weighted by atomic mass is 32.2. The van der Waals surface area contributed by atoms with Gasteiger partial charge in [0.1, 0.15) is 5.75 Å². The summed E-state index contributed by atoms with van der Waals surface area (Å²) in [5, 5.41) is 8.68. The molecule has 70 valence electrons. The second-order valence-electron chi connectivity index (χ2n) is 2.18. The maximum atomic E-state index is 10.8. The zero-order chi connectivity index (χ0) is 9.78. The predicted molar refractivity (Wildman–Crippen MR) is 41.8 cm³/mol. The highest BCUT2D eigenvalue weighted by Crippen LogP contribution is 1.97. The van der Waals surface area contributed by atoms with E-state index in [1.165, 1.54) is 6.92 Å². The van der Waals surface area contributed by atoms with Crippen molar-refractivity contribution in [2.24, 2.45) is 0 Å². The lowest BCUT2D eigenvalue weighted by Gasteiger charge is -2.04. The van der Waals surface area contributed by atoms with Crippen LogP contribution in [0.1, 0.15) is 6.92 Å². The monoisotopic (exact) mass is 194 g/mol. The van der Waals surface area contributed by atoms with Crippen molar-refractivity contribution in [3.8, 4) is 0 Å². The fourth-order valence-electron chi connectivity index (χ4n) is 0.489. The van der Waals surface area contributed by atoms with E-state index in [2.05, 4.69) is 10.8 Å². The molecule has 0 spiro atoms. The molecule has 0 aromatic carbocycles. The smallest absolute Gasteiger partial charge is 0.345 e. The Morgan fingerprint density at radius 1 is 1.75 bits per heavy atom. The van der Waals surface area contributed by atoms with Gasteiger partial charge in [-0.1, -0.05) is 6.58 Å². The van der Waals surface area contributed by atoms with Gasteiger partial charge in [0.2, 0.25) is 0 Å². The highest BCUT2D eigenvalue weighted by molar-refractivity contribution is 7.87. The summed E-state index contributed by atoms with van der Waals surface area (Å²) in [7, 11) is -3.96. The predicted octanol–water partition coefficient (Wildman–Crippen LogP) is -0.574. The Morgan fingerprint density at radius 3 is 2.58 bits per heavy atom. The van der Waals surface area contributed by atoms with Crippen molar-refractivity contribution in [3.63, 3.8) is 0 Å². The number of aliphatic hydroxyl groups is 1. The Kier molecular flexibility index (Phi) is 3.91. The normalized spacial score (nSPS) is 13.5. The van der Waals surface area contributed by atoms with Crippen molar-refractivity contribution in [1.82, 2.24) is 0 Å². The molecule has 0 aliphatic carbocycles. The first-order valence-electron chi connectivity index (χ1n) is 3.14. The first-order valence-corrected chi connectivity index (χ1v) is 4.71. The van der Waals surface area contributed by atoms with Crippen LogP contribution in [0.2, 0.25) is 0 Å². The number of rotatable bonds is 4. The number of aliphatic hydroxyl groups excluding tert-OH is 1. The molecule has 1 unspecified atom stereocenters. The molecule has 0 aromatic rings. The van der Waals surface area contributed by atoms with Gasteiger partial charge in [-0.2, -0.15) is 8.42 Å². The van der Waals surface area contributed by atoms with E-state index in [9.17, 15) is 13.2 Å². The largest absolute Gasteiger partial charge is 0.392 e. The lowest BCUT2D eigenvalue weighted by molar-refractivity contribution is -0.128. The lowest BCUT2D eigenvalue weighted by Crippen LogP contribution is -2.21. The van der Waals surface area contributed by atoms with Crippen molar-refractivity contribution >= 4 is 16.1 Å². The van der Waals surface area contributed by atoms with Crippen LogP contribution < -0.4 is 0 Å². The number of hydrogen-bond acceptors (Lipinski definition) is 5. The summed E-state index contributed by atoms with van der Waals surface area (Å²) in [6, 6.07) is 0. The minimum atomic E-state index is -3.96. The molecule has 1 atom stereocenters. The summed E-state index contributed by atoms with van der Waals surface area (Å²) in [4.78, 5) is 10.4. The fourth-order valence-corrected chi connectivity index (χ4v) is 1.47. The van der Waals surface area contributed by atoms with Crippen molar-refractivity contribution in [2.45, 2.75) is 13.0 Å². The molecule has 6 heteroatoms. The molecule has 0 amide bonds. The Bertz CT molecular complexity index is 264. The van der Waals surface area contributed by atoms with Crippen LogP contribution in [0.25, 0.3) is 0 Å². The van der Waals surface area contributed by atoms with Crippen LogP contribution in [-0.4, -0.2) is 31.4 Å². The van der Waals surface area contributed by atoms with Gasteiger partial charge in [0.15, 0.2) is 0 Å². The molecule has 1 N–H and O–H groups in total. The van der Waals surface area contributed by atoms with Gasteiger partial charge in [-0.25, -0.2) is 4.79 Å². The van der Waals surface area contributed by atoms with Crippen LogP contribution in [-0.2, 0) is 19.1 Å². The second-order valence-corrected chi connectivity index (χ2v) is 3.80. The van der Waals surface area contributed by atoms with Crippen molar-refractivity contribution in [1.29, 1.82) is 0 Å². The first kappa shape index (κ1) is 11.1. The van der Waals surface area contributed by atoms with Crippen LogP contribution >= 0.6 is 0 Å². The van der Waals surface area contributed by atoms with E-state index in [1.807, 2.05) is 0 Å². The van der Waals surface area contributed by atoms with E-state index in [1.54, 1.807) is 0 Å². The summed E-state index contributed by atoms with van der Waals surface area (Å²) >= 11 is 0. The lowest BCUT2D eigenvalue weighted by atomic mass is 10.5. The van der Waals surface area contributed by atoms with Gasteiger partial charge in [0.05, 0.1) is 6.10 Å². The summed E-state index contributed by atoms with van der Waals surface area (Å²) in [5.74, 6) is -1.65. The van der Waals surface area contributed by atoms with Gasteiger partial charge >= 0.3 is 16.1 Å². The Hall–Kier alpha value is -0.880. The Labute approximate surface area is 70.8 Å². The molecule has 0 saturated carbocycles. The SMILES string of the molecule is C=CC(=O)OS(=O)(=O)CC(C)O. The van der Waals surface area contributed by atoms with Crippen LogP contribution in [0.15, 0.2) is 12.7 Å². The van der Waals surface area contributed by atoms with E-state index < -0.39 is 27.9 Å². The van der Waals surface area contributed by atoms with Gasteiger partial charge in [-0.15, -0.1) is 0 Å². The molecule has 0 heterocycles. The number of hydrogen-bond donors (Lipinski definition) is 1. The molecule has 0 fully saturated rings. The molecule has 0 radical (unpaired) electrons. The maximum absolute atomic E-state index is 10.8. The van der Waals surface area contributed by atoms with Crippen LogP contribution in [0.3, 0.4) is 0 Å². The molecule has 0 bridgehead atoms. The van der Waals surface area contributed by atoms with Gasteiger partial charge in [-0.05, 0) is 6.92 Å². The molecule has 0 rings (SSSR count). The third-order valence-corrected chi connectivity index (χ3v) is 2.13. The molecule has 5 nitrogen and oxygen atoms in total. The molecule has 12 heavy (non-hydrogen) atoms. The summed E-state index contributed by atoms with van der Waals surface area (Å²) in [6.45, 7) is 4.30. The Balaban J connectivity index is 4.24.